The summed E-state index contributed by atoms with van der Waals surface area (Å²) < 4.78 is 7.78. The number of carbonyl (C=O) groups excluding carboxylic acids is 2. The quantitative estimate of drug-likeness (QED) is 0.318. The minimum absolute atomic E-state index is 0.130. The van der Waals surface area contributed by atoms with E-state index in [1.165, 1.54) is 0 Å². The molecule has 3 aromatic heterocycles. The van der Waals surface area contributed by atoms with Crippen molar-refractivity contribution in [1.29, 1.82) is 0 Å². The first-order chi connectivity index (χ1) is 18.9. The third-order valence-corrected chi connectivity index (χ3v) is 7.32. The highest BCUT2D eigenvalue weighted by molar-refractivity contribution is 6.08. The predicted molar refractivity (Wildman–Crippen MR) is 150 cm³/mol. The van der Waals surface area contributed by atoms with Crippen LogP contribution in [-0.4, -0.2) is 39.6 Å². The summed E-state index contributed by atoms with van der Waals surface area (Å²) in [5.74, 6) is -0.866. The second-order valence-corrected chi connectivity index (χ2v) is 10.0. The van der Waals surface area contributed by atoms with E-state index in [1.54, 1.807) is 18.3 Å². The molecule has 4 N–H and O–H groups in total. The van der Waals surface area contributed by atoms with Crippen LogP contribution in [0.1, 0.15) is 69.9 Å². The van der Waals surface area contributed by atoms with Gasteiger partial charge in [-0.2, -0.15) is 0 Å². The molecule has 0 spiro atoms. The molecule has 9 heteroatoms. The number of aromatic nitrogens is 3. The molecule has 0 atom stereocenters. The Labute approximate surface area is 226 Å². The van der Waals surface area contributed by atoms with Crippen LogP contribution < -0.4 is 16.6 Å². The van der Waals surface area contributed by atoms with Crippen LogP contribution in [0.15, 0.2) is 53.6 Å². The number of benzene rings is 1. The number of carbonyl (C=O) groups is 2. The fraction of sp³-hybridized carbons (Fsp3) is 0.333. The normalized spacial score (nSPS) is 14.0. The number of nitrogens with one attached hydrogen (secondary N) is 2. The number of aromatic amines is 1. The lowest BCUT2D eigenvalue weighted by Gasteiger charge is -2.25. The molecule has 4 heterocycles. The van der Waals surface area contributed by atoms with Gasteiger partial charge in [-0.25, -0.2) is 0 Å². The second-order valence-electron chi connectivity index (χ2n) is 10.0. The Hall–Kier alpha value is -4.24. The highest BCUT2D eigenvalue weighted by Gasteiger charge is 2.21. The molecule has 0 aliphatic carbocycles. The summed E-state index contributed by atoms with van der Waals surface area (Å²) in [4.78, 5) is 45.0. The Bertz CT molecular complexity index is 1580. The minimum atomic E-state index is -0.598. The molecule has 39 heavy (non-hydrogen) atoms. The Morgan fingerprint density at radius 1 is 1.15 bits per heavy atom. The molecule has 1 aliphatic rings. The Morgan fingerprint density at radius 2 is 1.95 bits per heavy atom. The van der Waals surface area contributed by atoms with Crippen molar-refractivity contribution >= 4 is 22.7 Å². The van der Waals surface area contributed by atoms with E-state index in [9.17, 15) is 14.4 Å². The van der Waals surface area contributed by atoms with Gasteiger partial charge in [-0.1, -0.05) is 19.4 Å². The Kier molecular flexibility index (Phi) is 7.60. The predicted octanol–water partition coefficient (Wildman–Crippen LogP) is 4.03. The molecule has 4 aromatic rings. The third kappa shape index (κ3) is 5.49. The van der Waals surface area contributed by atoms with E-state index in [4.69, 9.17) is 10.5 Å². The molecule has 0 radical (unpaired) electrons. The van der Waals surface area contributed by atoms with Crippen molar-refractivity contribution in [3.05, 3.63) is 87.2 Å². The number of nitrogens with two attached hydrogens (primary N) is 1. The summed E-state index contributed by atoms with van der Waals surface area (Å²) in [5.41, 5.74) is 10.7. The maximum atomic E-state index is 13.7. The molecule has 0 unspecified atom stereocenters. The number of amides is 2. The van der Waals surface area contributed by atoms with Crippen molar-refractivity contribution in [3.63, 3.8) is 0 Å². The van der Waals surface area contributed by atoms with Crippen LogP contribution in [0.2, 0.25) is 0 Å². The number of hydrogen-bond acceptors (Lipinski definition) is 5. The van der Waals surface area contributed by atoms with E-state index in [2.05, 4.69) is 26.8 Å². The summed E-state index contributed by atoms with van der Waals surface area (Å²) in [6.07, 6.45) is 7.06. The zero-order chi connectivity index (χ0) is 27.5. The van der Waals surface area contributed by atoms with Crippen molar-refractivity contribution in [2.45, 2.75) is 52.1 Å². The van der Waals surface area contributed by atoms with Crippen LogP contribution in [0.25, 0.3) is 22.0 Å². The lowest BCUT2D eigenvalue weighted by atomic mass is 9.99. The van der Waals surface area contributed by atoms with E-state index in [0.29, 0.717) is 24.3 Å². The van der Waals surface area contributed by atoms with Gasteiger partial charge in [-0.15, -0.1) is 0 Å². The summed E-state index contributed by atoms with van der Waals surface area (Å²) >= 11 is 0. The number of primary amides is 1. The molecule has 1 saturated heterocycles. The third-order valence-electron chi connectivity index (χ3n) is 7.32. The lowest BCUT2D eigenvalue weighted by molar-refractivity contribution is 0.0707. The molecule has 2 amide bonds. The highest BCUT2D eigenvalue weighted by atomic mass is 16.5. The molecule has 0 saturated carbocycles. The zero-order valence-electron chi connectivity index (χ0n) is 22.3. The maximum Gasteiger partial charge on any atom is 0.267 e. The smallest absolute Gasteiger partial charge is 0.267 e. The molecule has 1 aliphatic heterocycles. The Morgan fingerprint density at radius 3 is 2.64 bits per heavy atom. The first kappa shape index (κ1) is 26.4. The topological polar surface area (TPSA) is 132 Å². The summed E-state index contributed by atoms with van der Waals surface area (Å²) in [7, 11) is 0. The van der Waals surface area contributed by atoms with Crippen LogP contribution in [0.3, 0.4) is 0 Å². The van der Waals surface area contributed by atoms with Crippen LogP contribution in [-0.2, 0) is 17.7 Å². The van der Waals surface area contributed by atoms with Gasteiger partial charge in [0.1, 0.15) is 5.69 Å². The number of rotatable bonds is 8. The van der Waals surface area contributed by atoms with Gasteiger partial charge in [0.2, 0.25) is 0 Å². The summed E-state index contributed by atoms with van der Waals surface area (Å²) in [5, 5.41) is 3.82. The number of hydrogen-bond donors (Lipinski definition) is 3. The second kappa shape index (κ2) is 11.2. The molecule has 5 rings (SSSR count). The first-order valence-corrected chi connectivity index (χ1v) is 13.3. The molecule has 1 aromatic carbocycles. The van der Waals surface area contributed by atoms with Gasteiger partial charge in [-0.3, -0.25) is 19.4 Å². The van der Waals surface area contributed by atoms with Gasteiger partial charge in [-0.05, 0) is 67.6 Å². The van der Waals surface area contributed by atoms with Gasteiger partial charge in [0.25, 0.3) is 17.4 Å². The highest BCUT2D eigenvalue weighted by Crippen LogP contribution is 2.33. The van der Waals surface area contributed by atoms with Gasteiger partial charge in [0, 0.05) is 71.5 Å². The van der Waals surface area contributed by atoms with Crippen molar-refractivity contribution in [2.24, 2.45) is 5.73 Å². The standard InChI is InChI=1S/C30H33N5O4/c1-3-4-19-13-18(2)34-30(38)25(19)17-33-29(37)24-14-21(20-5-6-26(28(31)36)32-16-20)15-27-23(24)7-10-35(27)22-8-11-39-12-9-22/h5-7,10,13-16,22H,3-4,8-9,11-12,17H2,1-2H3,(H2,31,36)(H,33,37)(H,34,38). The average molecular weight is 528 g/mol. The van der Waals surface area contributed by atoms with E-state index in [1.807, 2.05) is 37.4 Å². The van der Waals surface area contributed by atoms with Crippen LogP contribution >= 0.6 is 0 Å². The van der Waals surface area contributed by atoms with Gasteiger partial charge >= 0.3 is 0 Å². The van der Waals surface area contributed by atoms with E-state index >= 15 is 0 Å². The molecule has 1 fully saturated rings. The van der Waals surface area contributed by atoms with Crippen LogP contribution in [0.5, 0.6) is 0 Å². The molecule has 0 bridgehead atoms. The van der Waals surface area contributed by atoms with Crippen molar-refractivity contribution < 1.29 is 14.3 Å². The van der Waals surface area contributed by atoms with Gasteiger partial charge < -0.3 is 25.3 Å². The lowest BCUT2D eigenvalue weighted by Crippen LogP contribution is -2.28. The monoisotopic (exact) mass is 527 g/mol. The number of pyridine rings is 2. The zero-order valence-corrected chi connectivity index (χ0v) is 22.3. The first-order valence-electron chi connectivity index (χ1n) is 13.3. The van der Waals surface area contributed by atoms with Crippen molar-refractivity contribution in [3.8, 4) is 11.1 Å². The number of H-pyrrole nitrogens is 1. The van der Waals surface area contributed by atoms with Crippen LogP contribution in [0.4, 0.5) is 0 Å². The van der Waals surface area contributed by atoms with E-state index < -0.39 is 5.91 Å². The summed E-state index contributed by atoms with van der Waals surface area (Å²) in [6.45, 7) is 5.45. The number of ether oxygens (including phenoxy) is 1. The van der Waals surface area contributed by atoms with Crippen LogP contribution in [0, 0.1) is 6.92 Å². The van der Waals surface area contributed by atoms with E-state index in [-0.39, 0.29) is 29.7 Å². The SMILES string of the molecule is CCCc1cc(C)[nH]c(=O)c1CNC(=O)c1cc(-c2ccc(C(N)=O)nc2)cc2c1ccn2C1CCOCC1. The molecule has 202 valence electrons. The number of nitrogens with zero attached hydrogens (tertiary/aromatic N) is 2. The average Bonchev–Trinajstić information content (AvgIpc) is 3.36. The van der Waals surface area contributed by atoms with Crippen molar-refractivity contribution in [1.82, 2.24) is 19.9 Å². The van der Waals surface area contributed by atoms with Gasteiger partial charge in [0.15, 0.2) is 0 Å². The minimum Gasteiger partial charge on any atom is -0.381 e. The number of aryl methyl sites for hydroxylation is 2. The largest absolute Gasteiger partial charge is 0.381 e. The van der Waals surface area contributed by atoms with Gasteiger partial charge in [0.05, 0.1) is 0 Å². The van der Waals surface area contributed by atoms with Crippen molar-refractivity contribution in [2.75, 3.05) is 13.2 Å². The molecule has 9 nitrogen and oxygen atoms in total. The Balaban J connectivity index is 1.54. The fourth-order valence-corrected chi connectivity index (χ4v) is 5.34. The maximum absolute atomic E-state index is 13.7. The summed E-state index contributed by atoms with van der Waals surface area (Å²) in [6, 6.07) is 11.5. The molecular formula is C30H33N5O4. The fourth-order valence-electron chi connectivity index (χ4n) is 5.34. The molecular weight excluding hydrogens is 494 g/mol. The number of fused-ring (bicyclic) bond motifs is 1. The van der Waals surface area contributed by atoms with E-state index in [0.717, 1.165) is 59.0 Å².